The third kappa shape index (κ3) is 5.63. The number of aromatic amines is 1. The zero-order valence-corrected chi connectivity index (χ0v) is 18.9. The molecule has 0 aliphatic heterocycles. The fraction of sp³-hybridized carbons (Fsp3) is 0.231. The number of hydrogen-bond donors (Lipinski definition) is 3. The number of fused-ring (bicyclic) bond motifs is 1. The third-order valence-corrected chi connectivity index (χ3v) is 5.30. The van der Waals surface area contributed by atoms with Crippen molar-refractivity contribution in [1.82, 2.24) is 20.6 Å². The summed E-state index contributed by atoms with van der Waals surface area (Å²) in [4.78, 5) is 19.9. The van der Waals surface area contributed by atoms with Gasteiger partial charge < -0.3 is 25.1 Å². The van der Waals surface area contributed by atoms with E-state index in [2.05, 4.69) is 39.7 Å². The lowest BCUT2D eigenvalue weighted by molar-refractivity contribution is 0.240. The molecule has 3 N–H and O–H groups in total. The molecule has 4 aromatic rings. The average Bonchev–Trinajstić information content (AvgIpc) is 3.15. The number of carbonyl (C=O) groups excluding carboxylic acids is 1. The van der Waals surface area contributed by atoms with Crippen LogP contribution in [-0.2, 0) is 13.0 Å². The first-order chi connectivity index (χ1) is 16.1. The molecule has 0 aliphatic rings. The number of aryl methyl sites for hydroxylation is 1. The van der Waals surface area contributed by atoms with Crippen molar-refractivity contribution < 1.29 is 14.3 Å². The molecule has 2 heterocycles. The molecule has 7 nitrogen and oxygen atoms in total. The quantitative estimate of drug-likeness (QED) is 0.335. The summed E-state index contributed by atoms with van der Waals surface area (Å²) >= 11 is 0. The highest BCUT2D eigenvalue weighted by molar-refractivity contribution is 5.84. The summed E-state index contributed by atoms with van der Waals surface area (Å²) in [6.45, 7) is 5.48. The molecule has 2 amide bonds. The number of amides is 2. The predicted molar refractivity (Wildman–Crippen MR) is 129 cm³/mol. The van der Waals surface area contributed by atoms with Crippen molar-refractivity contribution in [3.63, 3.8) is 0 Å². The second-order valence-electron chi connectivity index (χ2n) is 7.62. The van der Waals surface area contributed by atoms with Crippen LogP contribution in [0.4, 0.5) is 4.79 Å². The average molecular weight is 445 g/mol. The lowest BCUT2D eigenvalue weighted by atomic mass is 10.1. The van der Waals surface area contributed by atoms with E-state index in [1.807, 2.05) is 49.4 Å². The Hall–Kier alpha value is -4.00. The third-order valence-electron chi connectivity index (χ3n) is 5.30. The number of rotatable bonds is 9. The molecule has 0 fully saturated rings. The molecule has 0 radical (unpaired) electrons. The number of benzene rings is 2. The van der Waals surface area contributed by atoms with Gasteiger partial charge in [0.1, 0.15) is 0 Å². The maximum Gasteiger partial charge on any atom is 0.315 e. The van der Waals surface area contributed by atoms with Crippen molar-refractivity contribution in [2.45, 2.75) is 26.8 Å². The van der Waals surface area contributed by atoms with Crippen LogP contribution in [0.25, 0.3) is 10.9 Å². The number of hydrogen-bond acceptors (Lipinski definition) is 4. The lowest BCUT2D eigenvalue weighted by Gasteiger charge is -2.11. The van der Waals surface area contributed by atoms with Crippen LogP contribution in [0.5, 0.6) is 17.4 Å². The first-order valence-electron chi connectivity index (χ1n) is 11.1. The van der Waals surface area contributed by atoms with E-state index in [1.165, 1.54) is 10.9 Å². The molecule has 0 saturated carbocycles. The molecular weight excluding hydrogens is 416 g/mol. The lowest BCUT2D eigenvalue weighted by Crippen LogP contribution is -2.36. The van der Waals surface area contributed by atoms with Crippen LogP contribution >= 0.6 is 0 Å². The predicted octanol–water partition coefficient (Wildman–Crippen LogP) is 5.10. The first-order valence-corrected chi connectivity index (χ1v) is 11.1. The van der Waals surface area contributed by atoms with Gasteiger partial charge in [0.2, 0.25) is 5.88 Å². The number of nitrogens with one attached hydrogen (secondary N) is 3. The van der Waals surface area contributed by atoms with E-state index >= 15 is 0 Å². The number of para-hydroxylation sites is 3. The standard InChI is InChI=1S/C26H28N4O3/c1-3-32-23-10-6-7-11-24(23)33-25-13-12-19(16-28-25)17-29-26(31)27-15-14-20-18(2)30-22-9-5-4-8-21(20)22/h4-13,16,30H,3,14-15,17H2,1-2H3,(H2,27,29,31). The van der Waals surface area contributed by atoms with Crippen LogP contribution < -0.4 is 20.1 Å². The van der Waals surface area contributed by atoms with E-state index in [4.69, 9.17) is 9.47 Å². The molecule has 0 bridgehead atoms. The van der Waals surface area contributed by atoms with E-state index < -0.39 is 0 Å². The van der Waals surface area contributed by atoms with Crippen LogP contribution in [-0.4, -0.2) is 29.2 Å². The minimum Gasteiger partial charge on any atom is -0.490 e. The Morgan fingerprint density at radius 1 is 1.00 bits per heavy atom. The van der Waals surface area contributed by atoms with Crippen LogP contribution in [0.2, 0.25) is 0 Å². The molecule has 7 heteroatoms. The van der Waals surface area contributed by atoms with Gasteiger partial charge >= 0.3 is 6.03 Å². The Labute approximate surface area is 193 Å². The van der Waals surface area contributed by atoms with Crippen molar-refractivity contribution >= 4 is 16.9 Å². The summed E-state index contributed by atoms with van der Waals surface area (Å²) in [7, 11) is 0. The summed E-state index contributed by atoms with van der Waals surface area (Å²) in [5.74, 6) is 1.75. The molecule has 0 saturated heterocycles. The summed E-state index contributed by atoms with van der Waals surface area (Å²) in [5, 5.41) is 6.99. The monoisotopic (exact) mass is 444 g/mol. The zero-order valence-electron chi connectivity index (χ0n) is 18.9. The maximum atomic E-state index is 12.2. The summed E-state index contributed by atoms with van der Waals surface area (Å²) in [6, 6.07) is 19.1. The fourth-order valence-electron chi connectivity index (χ4n) is 3.70. The summed E-state index contributed by atoms with van der Waals surface area (Å²) in [5.41, 5.74) is 4.37. The normalized spacial score (nSPS) is 10.7. The number of pyridine rings is 1. The van der Waals surface area contributed by atoms with E-state index in [1.54, 1.807) is 12.3 Å². The van der Waals surface area contributed by atoms with Gasteiger partial charge in [0.05, 0.1) is 6.61 Å². The molecule has 170 valence electrons. The molecule has 33 heavy (non-hydrogen) atoms. The number of nitrogens with zero attached hydrogens (tertiary/aromatic N) is 1. The molecule has 0 aliphatic carbocycles. The molecule has 0 spiro atoms. The number of ether oxygens (including phenoxy) is 2. The van der Waals surface area contributed by atoms with Crippen molar-refractivity contribution in [3.05, 3.63) is 83.7 Å². The highest BCUT2D eigenvalue weighted by Crippen LogP contribution is 2.30. The Morgan fingerprint density at radius 3 is 2.58 bits per heavy atom. The largest absolute Gasteiger partial charge is 0.490 e. The van der Waals surface area contributed by atoms with E-state index in [9.17, 15) is 4.79 Å². The van der Waals surface area contributed by atoms with Gasteiger partial charge in [0.25, 0.3) is 0 Å². The summed E-state index contributed by atoms with van der Waals surface area (Å²) in [6.07, 6.45) is 2.45. The van der Waals surface area contributed by atoms with E-state index in [0.29, 0.717) is 37.1 Å². The highest BCUT2D eigenvalue weighted by atomic mass is 16.5. The van der Waals surface area contributed by atoms with Crippen LogP contribution in [0.15, 0.2) is 66.9 Å². The topological polar surface area (TPSA) is 88.3 Å². The molecule has 2 aromatic heterocycles. The molecule has 0 unspecified atom stereocenters. The van der Waals surface area contributed by atoms with Crippen LogP contribution in [0, 0.1) is 6.92 Å². The van der Waals surface area contributed by atoms with Gasteiger partial charge in [-0.2, -0.15) is 0 Å². The molecular formula is C26H28N4O3. The van der Waals surface area contributed by atoms with Crippen LogP contribution in [0.1, 0.15) is 23.7 Å². The van der Waals surface area contributed by atoms with Crippen molar-refractivity contribution in [2.75, 3.05) is 13.2 Å². The van der Waals surface area contributed by atoms with Crippen molar-refractivity contribution in [2.24, 2.45) is 0 Å². The van der Waals surface area contributed by atoms with E-state index in [-0.39, 0.29) is 6.03 Å². The number of H-pyrrole nitrogens is 1. The molecule has 2 aromatic carbocycles. The fourth-order valence-corrected chi connectivity index (χ4v) is 3.70. The molecule has 4 rings (SSSR count). The smallest absolute Gasteiger partial charge is 0.315 e. The van der Waals surface area contributed by atoms with Crippen molar-refractivity contribution in [3.8, 4) is 17.4 Å². The van der Waals surface area contributed by atoms with Crippen molar-refractivity contribution in [1.29, 1.82) is 0 Å². The first kappa shape index (κ1) is 22.2. The Morgan fingerprint density at radius 2 is 1.79 bits per heavy atom. The second-order valence-corrected chi connectivity index (χ2v) is 7.62. The van der Waals surface area contributed by atoms with E-state index in [0.717, 1.165) is 23.2 Å². The van der Waals surface area contributed by atoms with Gasteiger partial charge in [-0.15, -0.1) is 0 Å². The van der Waals surface area contributed by atoms with Gasteiger partial charge in [-0.05, 0) is 49.6 Å². The molecule has 0 atom stereocenters. The SMILES string of the molecule is CCOc1ccccc1Oc1ccc(CNC(=O)NCCc2c(C)[nH]c3ccccc23)cn1. The number of urea groups is 1. The highest BCUT2D eigenvalue weighted by Gasteiger charge is 2.09. The van der Waals surface area contributed by atoms with Gasteiger partial charge in [-0.3, -0.25) is 0 Å². The Balaban J connectivity index is 1.24. The van der Waals surface area contributed by atoms with Gasteiger partial charge in [0.15, 0.2) is 11.5 Å². The summed E-state index contributed by atoms with van der Waals surface area (Å²) < 4.78 is 11.4. The minimum absolute atomic E-state index is 0.210. The minimum atomic E-state index is -0.210. The zero-order chi connectivity index (χ0) is 23.0. The Bertz CT molecular complexity index is 1220. The Kier molecular flexibility index (Phi) is 7.09. The number of carbonyl (C=O) groups is 1. The van der Waals surface area contributed by atoms with Gasteiger partial charge in [0, 0.05) is 41.9 Å². The number of aromatic nitrogens is 2. The van der Waals surface area contributed by atoms with Crippen LogP contribution in [0.3, 0.4) is 0 Å². The van der Waals surface area contributed by atoms with Gasteiger partial charge in [-0.25, -0.2) is 9.78 Å². The second kappa shape index (κ2) is 10.5. The maximum absolute atomic E-state index is 12.2. The van der Waals surface area contributed by atoms with Gasteiger partial charge in [-0.1, -0.05) is 36.4 Å².